The van der Waals surface area contributed by atoms with Crippen LogP contribution in [0.4, 0.5) is 14.5 Å². The fourth-order valence-corrected chi connectivity index (χ4v) is 5.71. The average molecular weight is 698 g/mol. The zero-order chi connectivity index (χ0) is 34.5. The van der Waals surface area contributed by atoms with Gasteiger partial charge in [-0.3, -0.25) is 9.59 Å². The van der Waals surface area contributed by atoms with Crippen molar-refractivity contribution in [3.8, 4) is 17.2 Å². The van der Waals surface area contributed by atoms with E-state index in [0.717, 1.165) is 39.8 Å². The van der Waals surface area contributed by atoms with Gasteiger partial charge in [0.2, 0.25) is 5.43 Å². The number of nitrogens with one attached hydrogen (secondary N) is 1. The predicted octanol–water partition coefficient (Wildman–Crippen LogP) is 4.00. The normalized spacial score (nSPS) is 11.4. The maximum absolute atomic E-state index is 13.9. The van der Waals surface area contributed by atoms with Gasteiger partial charge in [-0.05, 0) is 48.9 Å². The molecule has 0 aliphatic rings. The first kappa shape index (κ1) is 35.6. The molecule has 0 radical (unpaired) electrons. The van der Waals surface area contributed by atoms with E-state index in [1.165, 1.54) is 6.20 Å². The van der Waals surface area contributed by atoms with Crippen molar-refractivity contribution in [1.82, 2.24) is 4.98 Å². The molecular formula is C39H34ClF2N3O5. The van der Waals surface area contributed by atoms with Crippen LogP contribution in [0, 0.1) is 11.6 Å². The van der Waals surface area contributed by atoms with Crippen LogP contribution in [0.1, 0.15) is 40.1 Å². The molecular weight excluding hydrogens is 664 g/mol. The van der Waals surface area contributed by atoms with Gasteiger partial charge in [-0.25, -0.2) is 13.3 Å². The Morgan fingerprint density at radius 2 is 1.48 bits per heavy atom. The van der Waals surface area contributed by atoms with Crippen LogP contribution in [-0.2, 0) is 6.54 Å². The van der Waals surface area contributed by atoms with Crippen LogP contribution in [0.2, 0.25) is 0 Å². The van der Waals surface area contributed by atoms with Crippen molar-refractivity contribution in [3.05, 3.63) is 160 Å². The van der Waals surface area contributed by atoms with Crippen molar-refractivity contribution in [3.63, 3.8) is 0 Å². The van der Waals surface area contributed by atoms with Crippen molar-refractivity contribution >= 4 is 22.5 Å². The number of hydrogen-bond donors (Lipinski definition) is 1. The number of amides is 1. The lowest BCUT2D eigenvalue weighted by molar-refractivity contribution is -0.688. The van der Waals surface area contributed by atoms with E-state index in [0.29, 0.717) is 29.3 Å². The number of carbonyl (C=O) groups excluding carboxylic acids is 1. The number of nitrogens with zero attached hydrogens (tertiary/aromatic N) is 2. The molecule has 2 aromatic heterocycles. The van der Waals surface area contributed by atoms with Crippen LogP contribution in [0.5, 0.6) is 17.2 Å². The minimum atomic E-state index is -0.825. The Bertz CT molecular complexity index is 2140. The Morgan fingerprint density at radius 3 is 2.10 bits per heavy atom. The van der Waals surface area contributed by atoms with Crippen LogP contribution in [0.15, 0.2) is 120 Å². The number of anilines is 1. The molecule has 0 aliphatic heterocycles. The molecule has 1 amide bonds. The summed E-state index contributed by atoms with van der Waals surface area (Å²) in [4.78, 5) is 31.2. The number of halogens is 3. The number of fused-ring (bicyclic) bond motifs is 1. The number of methoxy groups -OCH3 is 2. The Balaban J connectivity index is 0.00000486. The largest absolute Gasteiger partial charge is 1.00 e. The molecule has 11 heteroatoms. The number of aromatic amines is 1. The van der Waals surface area contributed by atoms with Gasteiger partial charge in [0.25, 0.3) is 5.91 Å². The molecule has 6 rings (SSSR count). The van der Waals surface area contributed by atoms with Gasteiger partial charge in [0.1, 0.15) is 40.6 Å². The Hall–Kier alpha value is -5.74. The molecule has 0 bridgehead atoms. The molecule has 0 saturated carbocycles. The number of aromatic nitrogens is 2. The SMILES string of the molecule is CCN(C(=O)c1c[nH]c2cc(OC(c3ccc(C[n+]4ccccc4)cc3)c3cc(OC)cc(OC)c3)ccc2c1=O)c1cc(F)cc(F)c1.[Cl-]. The van der Waals surface area contributed by atoms with Gasteiger partial charge in [0.15, 0.2) is 18.9 Å². The van der Waals surface area contributed by atoms with E-state index in [9.17, 15) is 18.4 Å². The van der Waals surface area contributed by atoms with Crippen LogP contribution in [0.25, 0.3) is 10.9 Å². The molecule has 0 fully saturated rings. The standard InChI is InChI=1S/C39H33F2N3O5.ClH/c1-4-44(30-19-28(40)18-29(41)20-30)39(46)35-23-42-36-22-31(12-13-34(36)37(35)45)49-38(27-16-32(47-2)21-33(17-27)48-3)26-10-8-25(9-11-26)24-43-14-6-5-7-15-43;/h5-23,38H,4,24H2,1-3H3;1H. The minimum absolute atomic E-state index is 0. The smallest absolute Gasteiger partial charge is 0.263 e. The van der Waals surface area contributed by atoms with Crippen molar-refractivity contribution in [2.75, 3.05) is 25.7 Å². The summed E-state index contributed by atoms with van der Waals surface area (Å²) in [7, 11) is 3.17. The summed E-state index contributed by atoms with van der Waals surface area (Å²) in [6, 6.07) is 27.4. The summed E-state index contributed by atoms with van der Waals surface area (Å²) in [5.41, 5.74) is 2.53. The maximum Gasteiger partial charge on any atom is 0.263 e. The molecule has 4 aromatic carbocycles. The summed E-state index contributed by atoms with van der Waals surface area (Å²) in [6.45, 7) is 2.45. The predicted molar refractivity (Wildman–Crippen MR) is 182 cm³/mol. The van der Waals surface area contributed by atoms with Gasteiger partial charge in [-0.2, -0.15) is 0 Å². The number of carbonyl (C=O) groups is 1. The number of benzene rings is 4. The first-order valence-corrected chi connectivity index (χ1v) is 15.6. The van der Waals surface area contributed by atoms with Crippen LogP contribution in [0.3, 0.4) is 0 Å². The van der Waals surface area contributed by atoms with E-state index in [1.807, 2.05) is 54.9 Å². The molecule has 50 heavy (non-hydrogen) atoms. The van der Waals surface area contributed by atoms with Crippen LogP contribution in [-0.4, -0.2) is 31.7 Å². The molecule has 1 N–H and O–H groups in total. The van der Waals surface area contributed by atoms with Gasteiger partial charge in [0, 0.05) is 65.3 Å². The Kier molecular flexibility index (Phi) is 11.1. The van der Waals surface area contributed by atoms with Crippen LogP contribution < -0.4 is 41.5 Å². The topological polar surface area (TPSA) is 84.7 Å². The second-order valence-corrected chi connectivity index (χ2v) is 11.3. The van der Waals surface area contributed by atoms with Crippen molar-refractivity contribution in [1.29, 1.82) is 0 Å². The summed E-state index contributed by atoms with van der Waals surface area (Å²) in [5.74, 6) is -0.673. The highest BCUT2D eigenvalue weighted by Crippen LogP contribution is 2.34. The van der Waals surface area contributed by atoms with Gasteiger partial charge in [-0.15, -0.1) is 0 Å². The van der Waals surface area contributed by atoms with Gasteiger partial charge < -0.3 is 36.5 Å². The third kappa shape index (κ3) is 7.76. The lowest BCUT2D eigenvalue weighted by Gasteiger charge is -2.22. The number of rotatable bonds is 11. The molecule has 6 aromatic rings. The highest BCUT2D eigenvalue weighted by molar-refractivity contribution is 6.07. The lowest BCUT2D eigenvalue weighted by Crippen LogP contribution is -3.00. The monoisotopic (exact) mass is 697 g/mol. The van der Waals surface area contributed by atoms with Gasteiger partial charge in [0.05, 0.1) is 19.7 Å². The molecule has 1 atom stereocenters. The molecule has 1 unspecified atom stereocenters. The summed E-state index contributed by atoms with van der Waals surface area (Å²) in [5, 5.41) is 0.252. The Labute approximate surface area is 293 Å². The fourth-order valence-electron chi connectivity index (χ4n) is 5.71. The molecule has 2 heterocycles. The minimum Gasteiger partial charge on any atom is -1.00 e. The van der Waals surface area contributed by atoms with E-state index in [1.54, 1.807) is 45.4 Å². The second kappa shape index (κ2) is 15.7. The summed E-state index contributed by atoms with van der Waals surface area (Å²) >= 11 is 0. The van der Waals surface area contributed by atoms with Crippen LogP contribution >= 0.6 is 0 Å². The average Bonchev–Trinajstić information content (AvgIpc) is 3.11. The molecule has 0 spiro atoms. The highest BCUT2D eigenvalue weighted by atomic mass is 35.5. The zero-order valence-electron chi connectivity index (χ0n) is 27.5. The first-order chi connectivity index (χ1) is 23.8. The van der Waals surface area contributed by atoms with E-state index < -0.39 is 29.1 Å². The van der Waals surface area contributed by atoms with E-state index in [4.69, 9.17) is 14.2 Å². The highest BCUT2D eigenvalue weighted by Gasteiger charge is 2.23. The fraction of sp³-hybridized carbons (Fsp3) is 0.154. The third-order valence-electron chi connectivity index (χ3n) is 8.16. The molecule has 256 valence electrons. The Morgan fingerprint density at radius 1 is 0.820 bits per heavy atom. The lowest BCUT2D eigenvalue weighted by atomic mass is 9.99. The number of hydrogen-bond acceptors (Lipinski definition) is 5. The number of ether oxygens (including phenoxy) is 3. The quantitative estimate of drug-likeness (QED) is 0.207. The zero-order valence-corrected chi connectivity index (χ0v) is 28.3. The van der Waals surface area contributed by atoms with E-state index >= 15 is 0 Å². The molecule has 0 saturated heterocycles. The molecule has 0 aliphatic carbocycles. The molecule has 8 nitrogen and oxygen atoms in total. The van der Waals surface area contributed by atoms with E-state index in [-0.39, 0.29) is 35.6 Å². The number of pyridine rings is 2. The summed E-state index contributed by atoms with van der Waals surface area (Å²) < 4.78 is 47.6. The van der Waals surface area contributed by atoms with Crippen molar-refractivity contribution in [2.24, 2.45) is 0 Å². The maximum atomic E-state index is 13.9. The number of H-pyrrole nitrogens is 1. The second-order valence-electron chi connectivity index (χ2n) is 11.3. The summed E-state index contributed by atoms with van der Waals surface area (Å²) in [6.07, 6.45) is 4.74. The third-order valence-corrected chi connectivity index (χ3v) is 8.16. The van der Waals surface area contributed by atoms with Gasteiger partial charge >= 0.3 is 0 Å². The van der Waals surface area contributed by atoms with Crippen molar-refractivity contribution < 1.29 is 44.8 Å². The van der Waals surface area contributed by atoms with E-state index in [2.05, 4.69) is 21.7 Å². The van der Waals surface area contributed by atoms with Gasteiger partial charge in [-0.1, -0.05) is 30.3 Å². The first-order valence-electron chi connectivity index (χ1n) is 15.6. The van der Waals surface area contributed by atoms with Crippen molar-refractivity contribution in [2.45, 2.75) is 19.6 Å².